The first kappa shape index (κ1) is 61.0. The summed E-state index contributed by atoms with van der Waals surface area (Å²) in [7, 11) is 1.37. The van der Waals surface area contributed by atoms with Gasteiger partial charge in [-0.05, 0) is 255 Å². The molecule has 0 bridgehead atoms. The molecular weight excluding hydrogens is 979 g/mol. The third kappa shape index (κ3) is 16.3. The number of hydrogen-bond donors (Lipinski definition) is 0. The maximum Gasteiger partial charge on any atom is 0.200 e. The first-order chi connectivity index (χ1) is 37.4. The number of benzene rings is 3. The predicted octanol–water partition coefficient (Wildman–Crippen LogP) is 21.1. The Morgan fingerprint density at radius 1 is 0.377 bits per heavy atom. The van der Waals surface area contributed by atoms with E-state index in [-0.39, 0.29) is 35.0 Å². The van der Waals surface area contributed by atoms with E-state index in [1.165, 1.54) is 136 Å². The van der Waals surface area contributed by atoms with Crippen molar-refractivity contribution in [2.45, 2.75) is 232 Å². The average molecular weight is 1080 g/mol. The van der Waals surface area contributed by atoms with Crippen molar-refractivity contribution in [2.75, 3.05) is 20.3 Å². The summed E-state index contributed by atoms with van der Waals surface area (Å²) in [6.45, 7) is 10.9. The molecule has 77 heavy (non-hydrogen) atoms. The Labute approximate surface area is 461 Å². The highest BCUT2D eigenvalue weighted by Gasteiger charge is 2.36. The van der Waals surface area contributed by atoms with Gasteiger partial charge in [0.05, 0.1) is 20.3 Å². The first-order valence-corrected chi connectivity index (χ1v) is 31.3. The van der Waals surface area contributed by atoms with Crippen LogP contribution in [0.4, 0.5) is 26.3 Å². The molecule has 3 aromatic carbocycles. The van der Waals surface area contributed by atoms with Gasteiger partial charge in [-0.25, -0.2) is 13.2 Å². The van der Waals surface area contributed by atoms with Gasteiger partial charge >= 0.3 is 0 Å². The van der Waals surface area contributed by atoms with Crippen LogP contribution in [-0.2, 0) is 0 Å². The number of ether oxygens (including phenoxy) is 3. The molecule has 6 fully saturated rings. The zero-order chi connectivity index (χ0) is 54.8. The van der Waals surface area contributed by atoms with Crippen LogP contribution < -0.4 is 14.2 Å². The normalized spacial score (nSPS) is 29.9. The molecule has 0 aromatic heterocycles. The Morgan fingerprint density at radius 2 is 0.662 bits per heavy atom. The number of hydrogen-bond acceptors (Lipinski definition) is 3. The van der Waals surface area contributed by atoms with E-state index >= 15 is 0 Å². The highest BCUT2D eigenvalue weighted by Crippen LogP contribution is 2.49. The molecule has 3 nitrogen and oxygen atoms in total. The van der Waals surface area contributed by atoms with Crippen LogP contribution in [0.15, 0.2) is 48.6 Å². The smallest absolute Gasteiger partial charge is 0.200 e. The largest absolute Gasteiger partial charge is 0.494 e. The molecule has 0 amide bonds. The fraction of sp³-hybridized carbons (Fsp3) is 0.706. The number of rotatable bonds is 16. The fourth-order valence-corrected chi connectivity index (χ4v) is 15.8. The summed E-state index contributed by atoms with van der Waals surface area (Å²) in [6, 6.07) is 9.94. The van der Waals surface area contributed by atoms with Crippen LogP contribution in [0.2, 0.25) is 0 Å². The van der Waals surface area contributed by atoms with E-state index in [4.69, 9.17) is 14.2 Å². The van der Waals surface area contributed by atoms with Crippen molar-refractivity contribution < 1.29 is 40.6 Å². The van der Waals surface area contributed by atoms with Gasteiger partial charge in [0.25, 0.3) is 0 Å². The van der Waals surface area contributed by atoms with Gasteiger partial charge in [-0.3, -0.25) is 0 Å². The number of allylic oxidation sites excluding steroid dienone is 2. The van der Waals surface area contributed by atoms with Crippen LogP contribution in [0.25, 0.3) is 0 Å². The molecule has 6 aliphatic carbocycles. The van der Waals surface area contributed by atoms with Crippen molar-refractivity contribution in [1.82, 2.24) is 0 Å². The lowest BCUT2D eigenvalue weighted by Gasteiger charge is -2.38. The summed E-state index contributed by atoms with van der Waals surface area (Å²) in [5, 5.41) is 0. The van der Waals surface area contributed by atoms with Crippen LogP contribution in [0.3, 0.4) is 0 Å². The summed E-state index contributed by atoms with van der Waals surface area (Å²) in [6.07, 6.45) is 39.2. The van der Waals surface area contributed by atoms with Gasteiger partial charge in [0.2, 0.25) is 17.5 Å². The topological polar surface area (TPSA) is 27.7 Å². The molecule has 0 spiro atoms. The second-order valence-corrected chi connectivity index (χ2v) is 24.6. The minimum Gasteiger partial charge on any atom is -0.494 e. The lowest BCUT2D eigenvalue weighted by Crippen LogP contribution is -2.25. The quantitative estimate of drug-likeness (QED) is 0.106. The molecule has 0 saturated heterocycles. The average Bonchev–Trinajstić information content (AvgIpc) is 3.46. The summed E-state index contributed by atoms with van der Waals surface area (Å²) in [4.78, 5) is 0. The monoisotopic (exact) mass is 1080 g/mol. The van der Waals surface area contributed by atoms with E-state index in [9.17, 15) is 26.3 Å². The van der Waals surface area contributed by atoms with Crippen molar-refractivity contribution in [3.8, 4) is 17.2 Å². The molecule has 6 saturated carbocycles. The van der Waals surface area contributed by atoms with Crippen molar-refractivity contribution in [2.24, 2.45) is 53.3 Å². The highest BCUT2D eigenvalue weighted by atomic mass is 19.2. The lowest BCUT2D eigenvalue weighted by molar-refractivity contribution is 0.155. The molecular formula is C68H98F6O3. The van der Waals surface area contributed by atoms with E-state index in [1.54, 1.807) is 50.2 Å². The Hall–Kier alpha value is -3.62. The maximum atomic E-state index is 14.5. The van der Waals surface area contributed by atoms with Crippen LogP contribution >= 0.6 is 0 Å². The lowest BCUT2D eigenvalue weighted by atomic mass is 9.68. The van der Waals surface area contributed by atoms with Gasteiger partial charge in [-0.1, -0.05) is 95.6 Å². The first-order valence-electron chi connectivity index (χ1n) is 31.3. The van der Waals surface area contributed by atoms with Crippen LogP contribution in [0.1, 0.15) is 249 Å². The van der Waals surface area contributed by atoms with Gasteiger partial charge in [0.1, 0.15) is 0 Å². The van der Waals surface area contributed by atoms with Gasteiger partial charge in [0, 0.05) is 0 Å². The standard InChI is InChI=1S/C23H34F2O.C23H32F2O.C22H32F2O/c2*1-3-5-16-6-8-17(9-7-16)18-10-12-19(13-11-18)20-14-15-21(26-4-2)23(25)22(20)24;1-3-4-15-5-7-16(8-6-15)17-9-11-18(12-10-17)19-13-14-20(25-2)22(24)21(19)23/h14-19H,3-13H2,1-2H3;3,5,14-19H,4,6-13H2,1-2H3;13-18H,3-12H2,1-2H3. The Morgan fingerprint density at radius 3 is 0.948 bits per heavy atom. The third-order valence-electron chi connectivity index (χ3n) is 20.1. The molecule has 0 N–H and O–H groups in total. The molecule has 9 heteroatoms. The minimum atomic E-state index is -0.837. The van der Waals surface area contributed by atoms with Gasteiger partial charge in [-0.2, -0.15) is 13.2 Å². The molecule has 0 atom stereocenters. The van der Waals surface area contributed by atoms with Crippen LogP contribution in [0.5, 0.6) is 17.2 Å². The van der Waals surface area contributed by atoms with E-state index < -0.39 is 34.9 Å². The molecule has 3 aromatic rings. The zero-order valence-corrected chi connectivity index (χ0v) is 48.3. The molecule has 430 valence electrons. The fourth-order valence-electron chi connectivity index (χ4n) is 15.8. The maximum absolute atomic E-state index is 14.5. The van der Waals surface area contributed by atoms with Crippen LogP contribution in [0, 0.1) is 88.2 Å². The zero-order valence-electron chi connectivity index (χ0n) is 48.3. The second-order valence-electron chi connectivity index (χ2n) is 24.6. The second kappa shape index (κ2) is 30.8. The van der Waals surface area contributed by atoms with Gasteiger partial charge in [0.15, 0.2) is 34.7 Å². The third-order valence-corrected chi connectivity index (χ3v) is 20.1. The summed E-state index contributed by atoms with van der Waals surface area (Å²) < 4.78 is 101. The van der Waals surface area contributed by atoms with Crippen LogP contribution in [-0.4, -0.2) is 20.3 Å². The summed E-state index contributed by atoms with van der Waals surface area (Å²) in [5.74, 6) is 3.55. The molecule has 0 radical (unpaired) electrons. The minimum absolute atomic E-state index is 0.00113. The Kier molecular flexibility index (Phi) is 24.4. The SMILES string of the molecule is CC=CC1CCC(C2CCC(c3ccc(OCC)c(F)c3F)CC2)CC1.CCCC1CCC(C2CCC(c3ccc(OC)c(F)c3F)CC2)CC1.CCCC1CCC(C2CCC(c3ccc(OCC)c(F)c3F)CC2)CC1. The molecule has 9 rings (SSSR count). The number of methoxy groups -OCH3 is 1. The molecule has 0 unspecified atom stereocenters. The molecule has 0 aliphatic heterocycles. The Bertz CT molecular complexity index is 2230. The predicted molar refractivity (Wildman–Crippen MR) is 303 cm³/mol. The van der Waals surface area contributed by atoms with E-state index in [2.05, 4.69) is 32.9 Å². The van der Waals surface area contributed by atoms with Crippen molar-refractivity contribution in [1.29, 1.82) is 0 Å². The molecule has 0 heterocycles. The summed E-state index contributed by atoms with van der Waals surface area (Å²) >= 11 is 0. The van der Waals surface area contributed by atoms with Gasteiger partial charge < -0.3 is 14.2 Å². The van der Waals surface area contributed by atoms with E-state index in [1.807, 2.05) is 0 Å². The highest BCUT2D eigenvalue weighted by molar-refractivity contribution is 5.35. The van der Waals surface area contributed by atoms with Gasteiger partial charge in [-0.15, -0.1) is 0 Å². The van der Waals surface area contributed by atoms with Crippen molar-refractivity contribution in [3.05, 3.63) is 100 Å². The van der Waals surface area contributed by atoms with E-state index in [0.717, 1.165) is 105 Å². The van der Waals surface area contributed by atoms with E-state index in [0.29, 0.717) is 29.9 Å². The van der Waals surface area contributed by atoms with Crippen molar-refractivity contribution in [3.63, 3.8) is 0 Å². The Balaban J connectivity index is 0.000000168. The molecule has 6 aliphatic rings. The summed E-state index contributed by atoms with van der Waals surface area (Å²) in [5.41, 5.74) is 1.64. The van der Waals surface area contributed by atoms with Crippen molar-refractivity contribution >= 4 is 0 Å². The number of halogens is 6.